The van der Waals surface area contributed by atoms with Crippen molar-refractivity contribution in [1.82, 2.24) is 5.16 Å². The van der Waals surface area contributed by atoms with Crippen LogP contribution in [-0.4, -0.2) is 11.8 Å². The fraction of sp³-hybridized carbons (Fsp3) is 0.381. The van der Waals surface area contributed by atoms with E-state index >= 15 is 0 Å². The lowest BCUT2D eigenvalue weighted by Gasteiger charge is -2.20. The number of ether oxygens (including phenoxy) is 1. The van der Waals surface area contributed by atoms with Crippen molar-refractivity contribution in [2.75, 3.05) is 6.61 Å². The van der Waals surface area contributed by atoms with Crippen molar-refractivity contribution in [2.45, 2.75) is 46.5 Å². The average Bonchev–Trinajstić information content (AvgIpc) is 2.97. The Labute approximate surface area is 157 Å². The summed E-state index contributed by atoms with van der Waals surface area (Å²) in [7, 11) is 0. The van der Waals surface area contributed by atoms with Crippen molar-refractivity contribution >= 4 is 26.9 Å². The topological polar surface area (TPSA) is 35.3 Å². The van der Waals surface area contributed by atoms with Gasteiger partial charge in [-0.05, 0) is 54.2 Å². The van der Waals surface area contributed by atoms with E-state index in [1.807, 2.05) is 25.1 Å². The van der Waals surface area contributed by atoms with Gasteiger partial charge < -0.3 is 9.26 Å². The summed E-state index contributed by atoms with van der Waals surface area (Å²) in [4.78, 5) is 0. The lowest BCUT2D eigenvalue weighted by atomic mass is 9.90. The second kappa shape index (κ2) is 7.20. The summed E-state index contributed by atoms with van der Waals surface area (Å²) >= 11 is 3.55. The zero-order chi connectivity index (χ0) is 18.1. The third-order valence-electron chi connectivity index (χ3n) is 4.40. The minimum absolute atomic E-state index is 0.365. The van der Waals surface area contributed by atoms with Crippen LogP contribution in [-0.2, 0) is 0 Å². The van der Waals surface area contributed by atoms with Gasteiger partial charge in [-0.1, -0.05) is 54.8 Å². The van der Waals surface area contributed by atoms with E-state index in [2.05, 4.69) is 60.9 Å². The van der Waals surface area contributed by atoms with Crippen LogP contribution < -0.4 is 4.74 Å². The minimum Gasteiger partial charge on any atom is -0.493 e. The summed E-state index contributed by atoms with van der Waals surface area (Å²) in [5.74, 6) is 1.71. The molecule has 0 aliphatic heterocycles. The first-order valence-electron chi connectivity index (χ1n) is 8.78. The molecule has 132 valence electrons. The predicted molar refractivity (Wildman–Crippen MR) is 106 cm³/mol. The smallest absolute Gasteiger partial charge is 0.167 e. The molecule has 3 rings (SSSR count). The lowest BCUT2D eigenvalue weighted by Crippen LogP contribution is -2.03. The summed E-state index contributed by atoms with van der Waals surface area (Å²) in [5, 5.41) is 5.37. The third-order valence-corrected chi connectivity index (χ3v) is 4.90. The Balaban J connectivity index is 2.33. The molecule has 1 heterocycles. The summed E-state index contributed by atoms with van der Waals surface area (Å²) in [5.41, 5.74) is 5.13. The number of aromatic nitrogens is 1. The second-order valence-corrected chi connectivity index (χ2v) is 7.82. The summed E-state index contributed by atoms with van der Waals surface area (Å²) in [6.45, 7) is 11.4. The van der Waals surface area contributed by atoms with Gasteiger partial charge >= 0.3 is 0 Å². The van der Waals surface area contributed by atoms with Gasteiger partial charge in [0.1, 0.15) is 11.4 Å². The van der Waals surface area contributed by atoms with Crippen molar-refractivity contribution in [1.29, 1.82) is 0 Å². The fourth-order valence-corrected chi connectivity index (χ4v) is 3.38. The van der Waals surface area contributed by atoms with E-state index < -0.39 is 0 Å². The Hall–Kier alpha value is -1.81. The van der Waals surface area contributed by atoms with Crippen LogP contribution in [0.15, 0.2) is 39.3 Å². The molecule has 0 bridgehead atoms. The van der Waals surface area contributed by atoms with E-state index in [9.17, 15) is 0 Å². The number of hydrogen-bond donors (Lipinski definition) is 0. The maximum atomic E-state index is 6.07. The first-order chi connectivity index (χ1) is 11.9. The largest absolute Gasteiger partial charge is 0.493 e. The van der Waals surface area contributed by atoms with Crippen LogP contribution in [0.1, 0.15) is 57.6 Å². The maximum Gasteiger partial charge on any atom is 0.167 e. The molecule has 0 fully saturated rings. The molecule has 0 amide bonds. The summed E-state index contributed by atoms with van der Waals surface area (Å²) in [6.07, 6.45) is 0. The van der Waals surface area contributed by atoms with Crippen LogP contribution in [0.3, 0.4) is 0 Å². The number of halogens is 1. The zero-order valence-electron chi connectivity index (χ0n) is 15.4. The molecule has 3 aromatic rings. The van der Waals surface area contributed by atoms with Gasteiger partial charge in [0.2, 0.25) is 0 Å². The molecule has 0 radical (unpaired) electrons. The summed E-state index contributed by atoms with van der Waals surface area (Å²) in [6, 6.07) is 10.4. The highest BCUT2D eigenvalue weighted by atomic mass is 79.9. The Bertz CT molecular complexity index is 896. The number of fused-ring (bicyclic) bond motifs is 1. The van der Waals surface area contributed by atoms with Gasteiger partial charge in [0.15, 0.2) is 5.58 Å². The van der Waals surface area contributed by atoms with E-state index in [1.54, 1.807) is 0 Å². The molecule has 0 saturated heterocycles. The second-order valence-electron chi connectivity index (χ2n) is 6.90. The van der Waals surface area contributed by atoms with Crippen LogP contribution >= 0.6 is 15.9 Å². The van der Waals surface area contributed by atoms with E-state index in [0.717, 1.165) is 32.4 Å². The molecule has 0 aliphatic carbocycles. The average molecular weight is 402 g/mol. The number of benzene rings is 2. The highest BCUT2D eigenvalue weighted by molar-refractivity contribution is 9.10. The van der Waals surface area contributed by atoms with Gasteiger partial charge in [-0.15, -0.1) is 0 Å². The highest BCUT2D eigenvalue weighted by Crippen LogP contribution is 2.42. The van der Waals surface area contributed by atoms with Gasteiger partial charge in [-0.2, -0.15) is 0 Å². The number of hydrogen-bond acceptors (Lipinski definition) is 3. The summed E-state index contributed by atoms with van der Waals surface area (Å²) < 4.78 is 12.6. The van der Waals surface area contributed by atoms with Gasteiger partial charge in [0.05, 0.1) is 12.0 Å². The molecule has 0 aliphatic rings. The normalized spacial score (nSPS) is 11.7. The molecule has 0 N–H and O–H groups in total. The first kappa shape index (κ1) is 18.0. The Morgan fingerprint density at radius 1 is 1.08 bits per heavy atom. The molecule has 0 spiro atoms. The van der Waals surface area contributed by atoms with Crippen LogP contribution in [0.2, 0.25) is 0 Å². The molecule has 4 heteroatoms. The van der Waals surface area contributed by atoms with Crippen molar-refractivity contribution in [3.8, 4) is 17.0 Å². The van der Waals surface area contributed by atoms with Crippen LogP contribution in [0.4, 0.5) is 0 Å². The fourth-order valence-electron chi connectivity index (χ4n) is 3.02. The molecular weight excluding hydrogens is 378 g/mol. The van der Waals surface area contributed by atoms with Crippen LogP contribution in [0.25, 0.3) is 22.2 Å². The molecule has 2 aromatic carbocycles. The van der Waals surface area contributed by atoms with Crippen molar-refractivity contribution in [3.05, 3.63) is 45.9 Å². The van der Waals surface area contributed by atoms with Crippen molar-refractivity contribution in [3.63, 3.8) is 0 Å². The van der Waals surface area contributed by atoms with E-state index in [4.69, 9.17) is 9.26 Å². The number of rotatable bonds is 5. The van der Waals surface area contributed by atoms with Gasteiger partial charge in [-0.25, -0.2) is 0 Å². The molecule has 0 saturated carbocycles. The van der Waals surface area contributed by atoms with E-state index in [-0.39, 0.29) is 0 Å². The number of nitrogens with zero attached hydrogens (tertiary/aromatic N) is 1. The Morgan fingerprint density at radius 3 is 2.48 bits per heavy atom. The minimum atomic E-state index is 0.365. The monoisotopic (exact) mass is 401 g/mol. The van der Waals surface area contributed by atoms with Crippen LogP contribution in [0, 0.1) is 0 Å². The molecule has 0 atom stereocenters. The van der Waals surface area contributed by atoms with E-state index in [1.165, 1.54) is 11.1 Å². The molecular formula is C21H24BrNO2. The quantitative estimate of drug-likeness (QED) is 0.466. The van der Waals surface area contributed by atoms with Crippen molar-refractivity contribution in [2.24, 2.45) is 0 Å². The van der Waals surface area contributed by atoms with Gasteiger partial charge in [-0.3, -0.25) is 0 Å². The Kier molecular flexibility index (Phi) is 5.19. The lowest BCUT2D eigenvalue weighted by molar-refractivity contribution is 0.336. The Morgan fingerprint density at radius 2 is 1.84 bits per heavy atom. The first-order valence-corrected chi connectivity index (χ1v) is 9.57. The van der Waals surface area contributed by atoms with Gasteiger partial charge in [0.25, 0.3) is 0 Å². The van der Waals surface area contributed by atoms with E-state index in [0.29, 0.717) is 18.4 Å². The maximum absolute atomic E-state index is 6.07. The SMILES string of the molecule is CCOc1c(-c2noc3ccc(Br)cc23)cc(C(C)C)cc1C(C)C. The molecule has 3 nitrogen and oxygen atoms in total. The standard InChI is InChI=1S/C21H24BrNO2/c1-6-24-21-16(13(4)5)9-14(12(2)3)10-18(21)20-17-11-15(22)7-8-19(17)25-23-20/h7-13H,6H2,1-5H3. The van der Waals surface area contributed by atoms with Gasteiger partial charge in [0, 0.05) is 10.0 Å². The predicted octanol–water partition coefficient (Wildman–Crippen LogP) is 6.90. The zero-order valence-corrected chi connectivity index (χ0v) is 17.0. The molecule has 0 unspecified atom stereocenters. The highest BCUT2D eigenvalue weighted by Gasteiger charge is 2.21. The van der Waals surface area contributed by atoms with Crippen molar-refractivity contribution < 1.29 is 9.26 Å². The third kappa shape index (κ3) is 3.45. The molecule has 1 aromatic heterocycles. The molecule has 25 heavy (non-hydrogen) atoms. The van der Waals surface area contributed by atoms with Crippen LogP contribution in [0.5, 0.6) is 5.75 Å².